The molecule has 1 unspecified atom stereocenters. The lowest BCUT2D eigenvalue weighted by molar-refractivity contribution is -0.128. The number of aliphatic imine (C=N–C) groups is 1. The molecule has 1 aliphatic heterocycles. The number of anilines is 1. The van der Waals surface area contributed by atoms with E-state index in [4.69, 9.17) is 5.73 Å². The molecule has 1 atom stereocenters. The van der Waals surface area contributed by atoms with Crippen molar-refractivity contribution in [2.24, 2.45) is 10.7 Å². The van der Waals surface area contributed by atoms with Gasteiger partial charge >= 0.3 is 0 Å². The molecule has 2 aromatic heterocycles. The van der Waals surface area contributed by atoms with Crippen molar-refractivity contribution in [3.8, 4) is 0 Å². The monoisotopic (exact) mass is 389 g/mol. The summed E-state index contributed by atoms with van der Waals surface area (Å²) in [7, 11) is 1.59. The molecule has 0 aromatic carbocycles. The number of carbonyl (C=O) groups excluding carboxylic acids is 2. The van der Waals surface area contributed by atoms with Crippen LogP contribution in [0.2, 0.25) is 0 Å². The Labute approximate surface area is 159 Å². The fourth-order valence-electron chi connectivity index (χ4n) is 2.60. The fourth-order valence-corrected chi connectivity index (χ4v) is 4.04. The first-order chi connectivity index (χ1) is 12.3. The summed E-state index contributed by atoms with van der Waals surface area (Å²) in [6, 6.07) is 7.16. The lowest BCUT2D eigenvalue weighted by Crippen LogP contribution is -2.47. The second-order valence-corrected chi connectivity index (χ2v) is 8.27. The fraction of sp³-hybridized carbons (Fsp3) is 0.294. The Kier molecular flexibility index (Phi) is 5.01. The maximum Gasteiger partial charge on any atom is 0.265 e. The molecule has 0 saturated carbocycles. The third-order valence-corrected chi connectivity index (χ3v) is 6.32. The molecule has 2 aromatic rings. The van der Waals surface area contributed by atoms with Crippen LogP contribution in [0.5, 0.6) is 0 Å². The van der Waals surface area contributed by atoms with Gasteiger partial charge in [0.1, 0.15) is 5.54 Å². The molecule has 9 heteroatoms. The van der Waals surface area contributed by atoms with Crippen LogP contribution in [0.15, 0.2) is 39.7 Å². The summed E-state index contributed by atoms with van der Waals surface area (Å²) in [4.78, 5) is 35.3. The number of aromatic nitrogens is 1. The molecule has 1 aliphatic rings. The van der Waals surface area contributed by atoms with Crippen LogP contribution in [0.25, 0.3) is 0 Å². The molecule has 7 nitrogen and oxygen atoms in total. The predicted octanol–water partition coefficient (Wildman–Crippen LogP) is 2.51. The molecule has 0 fully saturated rings. The average molecular weight is 390 g/mol. The molecule has 3 heterocycles. The molecule has 26 heavy (non-hydrogen) atoms. The first-order valence-corrected chi connectivity index (χ1v) is 9.90. The highest BCUT2D eigenvalue weighted by Crippen LogP contribution is 2.33. The second-order valence-electron chi connectivity index (χ2n) is 6.08. The number of hydrogen-bond acceptors (Lipinski definition) is 7. The van der Waals surface area contributed by atoms with Gasteiger partial charge in [-0.15, -0.1) is 23.1 Å². The third kappa shape index (κ3) is 3.58. The Hall–Kier alpha value is -2.39. The van der Waals surface area contributed by atoms with Crippen molar-refractivity contribution in [1.82, 2.24) is 9.88 Å². The summed E-state index contributed by atoms with van der Waals surface area (Å²) < 4.78 is 1.08. The number of carbonyl (C=O) groups is 2. The van der Waals surface area contributed by atoms with Crippen LogP contribution in [0.4, 0.5) is 5.69 Å². The molecule has 0 saturated heterocycles. The standard InChI is InChI=1S/C17H19N5O2S2/c1-17(9-13(23)22(2)16(18)21-17)12-8-10(6-7-19-12)20-15(24)11-4-5-14(25-3)26-11/h4-8H,9H2,1-3H3,(H2,18,21)(H,19,20,24). The van der Waals surface area contributed by atoms with E-state index in [-0.39, 0.29) is 24.2 Å². The molecule has 0 radical (unpaired) electrons. The van der Waals surface area contributed by atoms with E-state index in [1.54, 1.807) is 43.2 Å². The van der Waals surface area contributed by atoms with Crippen LogP contribution in [-0.4, -0.2) is 41.0 Å². The maximum absolute atomic E-state index is 12.4. The van der Waals surface area contributed by atoms with Gasteiger partial charge < -0.3 is 11.1 Å². The van der Waals surface area contributed by atoms with E-state index in [0.717, 1.165) is 4.21 Å². The van der Waals surface area contributed by atoms with Gasteiger partial charge in [-0.1, -0.05) is 0 Å². The summed E-state index contributed by atoms with van der Waals surface area (Å²) in [5.74, 6) is -0.150. The second kappa shape index (κ2) is 7.08. The van der Waals surface area contributed by atoms with Crippen molar-refractivity contribution in [1.29, 1.82) is 0 Å². The van der Waals surface area contributed by atoms with Crippen molar-refractivity contribution in [2.45, 2.75) is 23.1 Å². The molecule has 3 rings (SSSR count). The van der Waals surface area contributed by atoms with E-state index in [9.17, 15) is 9.59 Å². The van der Waals surface area contributed by atoms with Crippen LogP contribution in [0.3, 0.4) is 0 Å². The summed E-state index contributed by atoms with van der Waals surface area (Å²) >= 11 is 3.04. The number of hydrogen-bond donors (Lipinski definition) is 2. The van der Waals surface area contributed by atoms with E-state index in [2.05, 4.69) is 15.3 Å². The van der Waals surface area contributed by atoms with Gasteiger partial charge in [-0.2, -0.15) is 0 Å². The minimum absolute atomic E-state index is 0.126. The summed E-state index contributed by atoms with van der Waals surface area (Å²) in [6.45, 7) is 1.81. The summed E-state index contributed by atoms with van der Waals surface area (Å²) in [5.41, 5.74) is 6.17. The van der Waals surface area contributed by atoms with Gasteiger partial charge in [-0.05, 0) is 37.4 Å². The molecule has 0 aliphatic carbocycles. The van der Waals surface area contributed by atoms with Gasteiger partial charge in [0.25, 0.3) is 5.91 Å². The van der Waals surface area contributed by atoms with E-state index in [0.29, 0.717) is 16.3 Å². The maximum atomic E-state index is 12.4. The highest BCUT2D eigenvalue weighted by atomic mass is 32.2. The number of thioether (sulfide) groups is 1. The number of nitrogens with two attached hydrogens (primary N) is 1. The zero-order valence-electron chi connectivity index (χ0n) is 14.6. The van der Waals surface area contributed by atoms with Crippen molar-refractivity contribution in [3.05, 3.63) is 41.0 Å². The first kappa shape index (κ1) is 18.4. The molecule has 0 bridgehead atoms. The minimum Gasteiger partial charge on any atom is -0.369 e. The van der Waals surface area contributed by atoms with Crippen LogP contribution in [0.1, 0.15) is 28.7 Å². The van der Waals surface area contributed by atoms with Crippen LogP contribution in [0, 0.1) is 0 Å². The molecule has 3 N–H and O–H groups in total. The quantitative estimate of drug-likeness (QED) is 0.783. The Morgan fingerprint density at radius 1 is 1.42 bits per heavy atom. The highest BCUT2D eigenvalue weighted by molar-refractivity contribution is 8.00. The Balaban J connectivity index is 1.84. The van der Waals surface area contributed by atoms with Crippen molar-refractivity contribution in [2.75, 3.05) is 18.6 Å². The Morgan fingerprint density at radius 2 is 2.19 bits per heavy atom. The van der Waals surface area contributed by atoms with E-state index in [1.807, 2.05) is 19.2 Å². The zero-order chi connectivity index (χ0) is 18.9. The molecule has 2 amide bonds. The number of amides is 2. The number of nitrogens with zero attached hydrogens (tertiary/aromatic N) is 3. The van der Waals surface area contributed by atoms with Gasteiger partial charge in [-0.3, -0.25) is 19.5 Å². The lowest BCUT2D eigenvalue weighted by atomic mass is 9.91. The van der Waals surface area contributed by atoms with E-state index in [1.165, 1.54) is 16.2 Å². The molecular formula is C17H19N5O2S2. The van der Waals surface area contributed by atoms with E-state index >= 15 is 0 Å². The van der Waals surface area contributed by atoms with Gasteiger partial charge in [0.2, 0.25) is 5.91 Å². The lowest BCUT2D eigenvalue weighted by Gasteiger charge is -2.32. The van der Waals surface area contributed by atoms with Gasteiger partial charge in [0, 0.05) is 18.9 Å². The third-order valence-electron chi connectivity index (χ3n) is 4.15. The SMILES string of the molecule is CSc1ccc(C(=O)Nc2ccnc(C3(C)CC(=O)N(C)C(N)=N3)c2)s1. The smallest absolute Gasteiger partial charge is 0.265 e. The molecule has 0 spiro atoms. The van der Waals surface area contributed by atoms with Crippen molar-refractivity contribution in [3.63, 3.8) is 0 Å². The van der Waals surface area contributed by atoms with Crippen LogP contribution in [-0.2, 0) is 10.3 Å². The Morgan fingerprint density at radius 3 is 2.85 bits per heavy atom. The zero-order valence-corrected chi connectivity index (χ0v) is 16.3. The van der Waals surface area contributed by atoms with E-state index < -0.39 is 5.54 Å². The number of guanidine groups is 1. The normalized spacial score (nSPS) is 20.0. The summed E-state index contributed by atoms with van der Waals surface area (Å²) in [5, 5.41) is 2.87. The van der Waals surface area contributed by atoms with Gasteiger partial charge in [0.15, 0.2) is 5.96 Å². The van der Waals surface area contributed by atoms with Gasteiger partial charge in [-0.25, -0.2) is 4.99 Å². The summed E-state index contributed by atoms with van der Waals surface area (Å²) in [6.07, 6.45) is 3.72. The number of nitrogens with one attached hydrogen (secondary N) is 1. The van der Waals surface area contributed by atoms with Crippen molar-refractivity contribution < 1.29 is 9.59 Å². The molecular weight excluding hydrogens is 370 g/mol. The topological polar surface area (TPSA) is 101 Å². The van der Waals surface area contributed by atoms with Crippen LogP contribution >= 0.6 is 23.1 Å². The van der Waals surface area contributed by atoms with Crippen LogP contribution < -0.4 is 11.1 Å². The minimum atomic E-state index is -0.858. The average Bonchev–Trinajstić information content (AvgIpc) is 3.09. The molecule has 136 valence electrons. The number of rotatable bonds is 4. The van der Waals surface area contributed by atoms with Crippen molar-refractivity contribution >= 4 is 46.6 Å². The largest absolute Gasteiger partial charge is 0.369 e. The van der Waals surface area contributed by atoms with Gasteiger partial charge in [0.05, 0.1) is 21.2 Å². The first-order valence-electron chi connectivity index (χ1n) is 7.86. The number of pyridine rings is 1. The highest BCUT2D eigenvalue weighted by Gasteiger charge is 2.37. The number of thiophene rings is 1. The predicted molar refractivity (Wildman–Crippen MR) is 105 cm³/mol. The Bertz CT molecular complexity index is 895.